The minimum Gasteiger partial charge on any atom is -0.324 e. The Morgan fingerprint density at radius 2 is 1.85 bits per heavy atom. The van der Waals surface area contributed by atoms with E-state index in [9.17, 15) is 0 Å². The molecule has 1 atom stereocenters. The van der Waals surface area contributed by atoms with Gasteiger partial charge in [-0.15, -0.1) is 0 Å². The third-order valence-corrected chi connectivity index (χ3v) is 5.62. The number of aryl methyl sites for hydroxylation is 2. The molecule has 138 valence electrons. The standard InChI is InChI=1S/C21H29N5/c1-14-8-15(2)10-18(9-14)24-21-23-12-17-11-16(3)26(13-20(17)25-21)19-4-6-22-7-5-19/h8-10,12,16,19,22H,4-7,11,13H2,1-3H3,(H,23,24,25). The number of aromatic nitrogens is 2. The predicted octanol–water partition coefficient (Wildman–Crippen LogP) is 3.34. The summed E-state index contributed by atoms with van der Waals surface area (Å²) < 4.78 is 0. The highest BCUT2D eigenvalue weighted by Crippen LogP contribution is 2.27. The summed E-state index contributed by atoms with van der Waals surface area (Å²) in [5, 5.41) is 6.86. The van der Waals surface area contributed by atoms with Gasteiger partial charge in [0.15, 0.2) is 0 Å². The molecule has 4 rings (SSSR count). The van der Waals surface area contributed by atoms with Gasteiger partial charge in [-0.2, -0.15) is 0 Å². The summed E-state index contributed by atoms with van der Waals surface area (Å²) in [7, 11) is 0. The molecule has 0 aliphatic carbocycles. The van der Waals surface area contributed by atoms with E-state index in [1.54, 1.807) is 0 Å². The smallest absolute Gasteiger partial charge is 0.227 e. The van der Waals surface area contributed by atoms with Crippen molar-refractivity contribution in [2.45, 2.75) is 58.7 Å². The highest BCUT2D eigenvalue weighted by Gasteiger charge is 2.30. The predicted molar refractivity (Wildman–Crippen MR) is 106 cm³/mol. The zero-order chi connectivity index (χ0) is 18.1. The molecule has 2 N–H and O–H groups in total. The van der Waals surface area contributed by atoms with Gasteiger partial charge in [-0.1, -0.05) is 6.07 Å². The lowest BCUT2D eigenvalue weighted by Gasteiger charge is -2.41. The summed E-state index contributed by atoms with van der Waals surface area (Å²) in [6.07, 6.45) is 5.53. The molecular weight excluding hydrogens is 322 g/mol. The van der Waals surface area contributed by atoms with E-state index in [-0.39, 0.29) is 0 Å². The molecule has 1 unspecified atom stereocenters. The van der Waals surface area contributed by atoms with Crippen molar-refractivity contribution < 1.29 is 0 Å². The number of nitrogens with zero attached hydrogens (tertiary/aromatic N) is 3. The SMILES string of the molecule is Cc1cc(C)cc(Nc2ncc3c(n2)CN(C2CCNCC2)C(C)C3)c1. The number of benzene rings is 1. The Labute approximate surface area is 156 Å². The Balaban J connectivity index is 1.54. The summed E-state index contributed by atoms with van der Waals surface area (Å²) >= 11 is 0. The molecular formula is C21H29N5. The fourth-order valence-corrected chi connectivity index (χ4v) is 4.38. The van der Waals surface area contributed by atoms with Crippen molar-refractivity contribution in [3.63, 3.8) is 0 Å². The highest BCUT2D eigenvalue weighted by molar-refractivity contribution is 5.56. The van der Waals surface area contributed by atoms with Gasteiger partial charge in [-0.25, -0.2) is 9.97 Å². The number of hydrogen-bond acceptors (Lipinski definition) is 5. The van der Waals surface area contributed by atoms with Gasteiger partial charge in [0.25, 0.3) is 0 Å². The molecule has 3 heterocycles. The van der Waals surface area contributed by atoms with Crippen LogP contribution in [0.2, 0.25) is 0 Å². The molecule has 2 aliphatic heterocycles. The minimum absolute atomic E-state index is 0.562. The average molecular weight is 351 g/mol. The fourth-order valence-electron chi connectivity index (χ4n) is 4.38. The van der Waals surface area contributed by atoms with E-state index in [2.05, 4.69) is 59.5 Å². The maximum Gasteiger partial charge on any atom is 0.227 e. The van der Waals surface area contributed by atoms with E-state index in [4.69, 9.17) is 4.98 Å². The van der Waals surface area contributed by atoms with E-state index >= 15 is 0 Å². The van der Waals surface area contributed by atoms with Gasteiger partial charge in [-0.05, 0) is 81.9 Å². The largest absolute Gasteiger partial charge is 0.324 e. The van der Waals surface area contributed by atoms with E-state index in [1.165, 1.54) is 35.2 Å². The number of piperidine rings is 1. The van der Waals surface area contributed by atoms with E-state index < -0.39 is 0 Å². The Hall–Kier alpha value is -1.98. The summed E-state index contributed by atoms with van der Waals surface area (Å²) in [5.74, 6) is 0.702. The molecule has 5 heteroatoms. The monoisotopic (exact) mass is 351 g/mol. The van der Waals surface area contributed by atoms with Gasteiger partial charge in [0.2, 0.25) is 5.95 Å². The van der Waals surface area contributed by atoms with Crippen LogP contribution in [0.4, 0.5) is 11.6 Å². The van der Waals surface area contributed by atoms with Crippen LogP contribution in [-0.2, 0) is 13.0 Å². The first-order valence-electron chi connectivity index (χ1n) is 9.75. The van der Waals surface area contributed by atoms with Crippen LogP contribution in [0.1, 0.15) is 42.1 Å². The molecule has 1 fully saturated rings. The van der Waals surface area contributed by atoms with Crippen molar-refractivity contribution >= 4 is 11.6 Å². The first-order valence-corrected chi connectivity index (χ1v) is 9.75. The van der Waals surface area contributed by atoms with Gasteiger partial charge < -0.3 is 10.6 Å². The molecule has 1 aromatic heterocycles. The molecule has 2 aromatic rings. The molecule has 1 saturated heterocycles. The molecule has 0 saturated carbocycles. The Bertz CT molecular complexity index is 762. The maximum absolute atomic E-state index is 4.87. The lowest BCUT2D eigenvalue weighted by atomic mass is 9.95. The highest BCUT2D eigenvalue weighted by atomic mass is 15.2. The third kappa shape index (κ3) is 3.74. The van der Waals surface area contributed by atoms with Gasteiger partial charge >= 0.3 is 0 Å². The first-order chi connectivity index (χ1) is 12.6. The van der Waals surface area contributed by atoms with Crippen molar-refractivity contribution in [3.05, 3.63) is 46.8 Å². The second-order valence-electron chi connectivity index (χ2n) is 7.87. The van der Waals surface area contributed by atoms with Gasteiger partial charge in [0, 0.05) is 30.5 Å². The molecule has 0 bridgehead atoms. The van der Waals surface area contributed by atoms with Crippen LogP contribution < -0.4 is 10.6 Å². The third-order valence-electron chi connectivity index (χ3n) is 5.62. The molecule has 1 aromatic carbocycles. The van der Waals surface area contributed by atoms with Gasteiger partial charge in [0.05, 0.1) is 5.69 Å². The van der Waals surface area contributed by atoms with Crippen LogP contribution in [0, 0.1) is 13.8 Å². The number of nitrogens with one attached hydrogen (secondary N) is 2. The van der Waals surface area contributed by atoms with Crippen LogP contribution in [0.15, 0.2) is 24.4 Å². The summed E-state index contributed by atoms with van der Waals surface area (Å²) in [6.45, 7) is 9.76. The van der Waals surface area contributed by atoms with Crippen molar-refractivity contribution in [2.75, 3.05) is 18.4 Å². The van der Waals surface area contributed by atoms with E-state index in [0.717, 1.165) is 31.7 Å². The lowest BCUT2D eigenvalue weighted by molar-refractivity contribution is 0.0963. The normalized spacial score (nSPS) is 21.4. The fraction of sp³-hybridized carbons (Fsp3) is 0.524. The summed E-state index contributed by atoms with van der Waals surface area (Å²) in [5.41, 5.74) is 6.03. The maximum atomic E-state index is 4.87. The zero-order valence-corrected chi connectivity index (χ0v) is 16.0. The van der Waals surface area contributed by atoms with Crippen LogP contribution in [-0.4, -0.2) is 40.0 Å². The van der Waals surface area contributed by atoms with E-state index in [1.807, 2.05) is 6.20 Å². The van der Waals surface area contributed by atoms with Gasteiger partial charge in [0.1, 0.15) is 0 Å². The second-order valence-corrected chi connectivity index (χ2v) is 7.87. The quantitative estimate of drug-likeness (QED) is 0.888. The second kappa shape index (κ2) is 7.33. The lowest BCUT2D eigenvalue weighted by Crippen LogP contribution is -2.49. The Morgan fingerprint density at radius 3 is 2.58 bits per heavy atom. The zero-order valence-electron chi connectivity index (χ0n) is 16.0. The molecule has 0 radical (unpaired) electrons. The molecule has 5 nitrogen and oxygen atoms in total. The summed E-state index contributed by atoms with van der Waals surface area (Å²) in [6, 6.07) is 7.69. The topological polar surface area (TPSA) is 53.1 Å². The average Bonchev–Trinajstić information content (AvgIpc) is 2.61. The first kappa shape index (κ1) is 17.4. The Kier molecular flexibility index (Phi) is 4.92. The van der Waals surface area contributed by atoms with Crippen LogP contribution in [0.3, 0.4) is 0 Å². The molecule has 0 amide bonds. The molecule has 26 heavy (non-hydrogen) atoms. The molecule has 2 aliphatic rings. The van der Waals surface area contributed by atoms with Crippen molar-refractivity contribution in [1.29, 1.82) is 0 Å². The molecule has 0 spiro atoms. The number of anilines is 2. The summed E-state index contributed by atoms with van der Waals surface area (Å²) in [4.78, 5) is 12.1. The number of rotatable bonds is 3. The van der Waals surface area contributed by atoms with Crippen LogP contribution in [0.5, 0.6) is 0 Å². The van der Waals surface area contributed by atoms with Crippen LogP contribution in [0.25, 0.3) is 0 Å². The van der Waals surface area contributed by atoms with Crippen LogP contribution >= 0.6 is 0 Å². The number of hydrogen-bond donors (Lipinski definition) is 2. The minimum atomic E-state index is 0.562. The van der Waals surface area contributed by atoms with Crippen molar-refractivity contribution in [3.8, 4) is 0 Å². The van der Waals surface area contributed by atoms with Crippen molar-refractivity contribution in [1.82, 2.24) is 20.2 Å². The van der Waals surface area contributed by atoms with E-state index in [0.29, 0.717) is 18.0 Å². The van der Waals surface area contributed by atoms with Gasteiger partial charge in [-0.3, -0.25) is 4.90 Å². The number of fused-ring (bicyclic) bond motifs is 1. The Morgan fingerprint density at radius 1 is 1.12 bits per heavy atom. The van der Waals surface area contributed by atoms with Crippen molar-refractivity contribution in [2.24, 2.45) is 0 Å².